The number of piperazine rings is 1. The van der Waals surface area contributed by atoms with Crippen LogP contribution >= 0.6 is 0 Å². The van der Waals surface area contributed by atoms with Gasteiger partial charge in [0.15, 0.2) is 6.04 Å². The van der Waals surface area contributed by atoms with Crippen LogP contribution in [0.25, 0.3) is 0 Å². The van der Waals surface area contributed by atoms with Gasteiger partial charge >= 0.3 is 0 Å². The second kappa shape index (κ2) is 8.43. The molecule has 138 valence electrons. The number of hydrogen-bond donors (Lipinski definition) is 3. The minimum absolute atomic E-state index is 0.0465. The van der Waals surface area contributed by atoms with Crippen molar-refractivity contribution in [1.82, 2.24) is 0 Å². The second-order valence-corrected chi connectivity index (χ2v) is 7.25. The van der Waals surface area contributed by atoms with Crippen molar-refractivity contribution >= 4 is 11.6 Å². The molecule has 26 heavy (non-hydrogen) atoms. The molecular weight excluding hydrogens is 329 g/mol. The number of carbonyl (C=O) groups excluding carboxylic acids is 1. The van der Waals surface area contributed by atoms with Crippen molar-refractivity contribution in [2.24, 2.45) is 0 Å². The smallest absolute Gasteiger partial charge is 0.282 e. The molecule has 2 aromatic rings. The van der Waals surface area contributed by atoms with Gasteiger partial charge in [0.25, 0.3) is 5.91 Å². The van der Waals surface area contributed by atoms with Gasteiger partial charge in [-0.05, 0) is 31.5 Å². The molecule has 0 saturated carbocycles. The van der Waals surface area contributed by atoms with Gasteiger partial charge in [0.1, 0.15) is 38.5 Å². The van der Waals surface area contributed by atoms with E-state index in [4.69, 9.17) is 0 Å². The van der Waals surface area contributed by atoms with E-state index >= 15 is 0 Å². The predicted octanol–water partition coefficient (Wildman–Crippen LogP) is 0.445. The van der Waals surface area contributed by atoms with E-state index in [0.717, 1.165) is 32.7 Å². The summed E-state index contributed by atoms with van der Waals surface area (Å²) < 4.78 is 13.6. The lowest BCUT2D eigenvalue weighted by Gasteiger charge is -2.32. The fourth-order valence-electron chi connectivity index (χ4n) is 3.53. The molecule has 5 heteroatoms. The molecule has 0 radical (unpaired) electrons. The number of carbonyl (C=O) groups is 1. The summed E-state index contributed by atoms with van der Waals surface area (Å²) in [5.74, 6) is -0.337. The molecule has 1 heterocycles. The number of rotatable bonds is 5. The first-order chi connectivity index (χ1) is 12.5. The second-order valence-electron chi connectivity index (χ2n) is 7.25. The van der Waals surface area contributed by atoms with Crippen molar-refractivity contribution in [2.75, 3.05) is 31.5 Å². The van der Waals surface area contributed by atoms with Gasteiger partial charge in [0, 0.05) is 11.3 Å². The molecule has 0 unspecified atom stereocenters. The Labute approximate surface area is 154 Å². The van der Waals surface area contributed by atoms with Crippen molar-refractivity contribution in [1.29, 1.82) is 0 Å². The van der Waals surface area contributed by atoms with E-state index in [2.05, 4.69) is 29.6 Å². The molecule has 4 nitrogen and oxygen atoms in total. The Hall–Kier alpha value is -2.24. The fourth-order valence-corrected chi connectivity index (χ4v) is 3.53. The Morgan fingerprint density at radius 3 is 2.46 bits per heavy atom. The zero-order valence-corrected chi connectivity index (χ0v) is 15.5. The third kappa shape index (κ3) is 4.68. The van der Waals surface area contributed by atoms with E-state index in [1.165, 1.54) is 16.5 Å². The number of hydrogen-bond acceptors (Lipinski definition) is 1. The highest BCUT2D eigenvalue weighted by Gasteiger charge is 2.31. The van der Waals surface area contributed by atoms with Gasteiger partial charge in [-0.2, -0.15) is 0 Å². The standard InChI is InChI=1S/C21H26FN3O/c1-16-8-9-19(14-20(16)22)23-21(26)17(2)25-12-10-24(11-13-25)15-18-6-4-3-5-7-18/h3-9,14,17H,10-13,15H2,1-2H3,(H,23,26)/p+2/t17-/m0/s1. The van der Waals surface area contributed by atoms with Gasteiger partial charge in [0.05, 0.1) is 0 Å². The summed E-state index contributed by atoms with van der Waals surface area (Å²) in [7, 11) is 0. The van der Waals surface area contributed by atoms with Gasteiger partial charge in [-0.1, -0.05) is 36.4 Å². The minimum atomic E-state index is -0.291. The van der Waals surface area contributed by atoms with Crippen LogP contribution in [0.1, 0.15) is 18.1 Å². The van der Waals surface area contributed by atoms with Gasteiger partial charge in [0.2, 0.25) is 0 Å². The van der Waals surface area contributed by atoms with Crippen LogP contribution in [0.5, 0.6) is 0 Å². The Kier molecular flexibility index (Phi) is 6.01. The van der Waals surface area contributed by atoms with E-state index in [1.807, 2.05) is 13.0 Å². The van der Waals surface area contributed by atoms with Gasteiger partial charge < -0.3 is 15.1 Å². The lowest BCUT2D eigenvalue weighted by molar-refractivity contribution is -1.02. The minimum Gasteiger partial charge on any atom is -0.322 e. The number of quaternary nitrogens is 2. The van der Waals surface area contributed by atoms with Gasteiger partial charge in [-0.25, -0.2) is 4.39 Å². The normalized spacial score (nSPS) is 21.2. The van der Waals surface area contributed by atoms with Crippen LogP contribution in [-0.4, -0.2) is 38.1 Å². The molecule has 1 aliphatic rings. The molecular formula is C21H28FN3O+2. The summed E-state index contributed by atoms with van der Waals surface area (Å²) in [6.45, 7) is 8.76. The predicted molar refractivity (Wildman–Crippen MR) is 101 cm³/mol. The van der Waals surface area contributed by atoms with Gasteiger partial charge in [-0.3, -0.25) is 4.79 Å². The first-order valence-corrected chi connectivity index (χ1v) is 9.32. The summed E-state index contributed by atoms with van der Waals surface area (Å²) >= 11 is 0. The Balaban J connectivity index is 1.50. The van der Waals surface area contributed by atoms with Crippen LogP contribution in [0.15, 0.2) is 48.5 Å². The average Bonchev–Trinajstić information content (AvgIpc) is 2.65. The Bertz CT molecular complexity index is 742. The first kappa shape index (κ1) is 18.5. The maximum atomic E-state index is 13.6. The Morgan fingerprint density at radius 1 is 1.12 bits per heavy atom. The number of amides is 1. The maximum absolute atomic E-state index is 13.6. The van der Waals surface area contributed by atoms with E-state index in [1.54, 1.807) is 24.0 Å². The molecule has 0 bridgehead atoms. The van der Waals surface area contributed by atoms with Crippen molar-refractivity contribution in [3.05, 3.63) is 65.5 Å². The highest BCUT2D eigenvalue weighted by molar-refractivity contribution is 5.93. The molecule has 1 aliphatic heterocycles. The maximum Gasteiger partial charge on any atom is 0.282 e. The number of aryl methyl sites for hydroxylation is 1. The third-order valence-electron chi connectivity index (χ3n) is 5.34. The number of halogens is 1. The average molecular weight is 357 g/mol. The third-order valence-corrected chi connectivity index (χ3v) is 5.34. The first-order valence-electron chi connectivity index (χ1n) is 9.32. The highest BCUT2D eigenvalue weighted by atomic mass is 19.1. The van der Waals surface area contributed by atoms with E-state index < -0.39 is 0 Å². The van der Waals surface area contributed by atoms with Crippen molar-refractivity contribution in [2.45, 2.75) is 26.4 Å². The summed E-state index contributed by atoms with van der Waals surface area (Å²) in [6.07, 6.45) is 0. The molecule has 2 aromatic carbocycles. The van der Waals surface area contributed by atoms with Crippen LogP contribution < -0.4 is 15.1 Å². The molecule has 3 N–H and O–H groups in total. The SMILES string of the molecule is Cc1ccc(NC(=O)[C@H](C)[NH+]2CC[NH+](Cc3ccccc3)CC2)cc1F. The Morgan fingerprint density at radius 2 is 1.81 bits per heavy atom. The van der Waals surface area contributed by atoms with Crippen molar-refractivity contribution in [3.8, 4) is 0 Å². The summed E-state index contributed by atoms with van der Waals surface area (Å²) in [5, 5.41) is 2.85. The molecule has 0 aliphatic carbocycles. The molecule has 1 fully saturated rings. The van der Waals surface area contributed by atoms with Crippen molar-refractivity contribution < 1.29 is 19.0 Å². The molecule has 1 atom stereocenters. The van der Waals surface area contributed by atoms with Crippen LogP contribution in [-0.2, 0) is 11.3 Å². The van der Waals surface area contributed by atoms with Crippen LogP contribution in [0.2, 0.25) is 0 Å². The lowest BCUT2D eigenvalue weighted by Crippen LogP contribution is -3.29. The van der Waals surface area contributed by atoms with Gasteiger partial charge in [-0.15, -0.1) is 0 Å². The monoisotopic (exact) mass is 357 g/mol. The summed E-state index contributed by atoms with van der Waals surface area (Å²) in [4.78, 5) is 15.4. The quantitative estimate of drug-likeness (QED) is 0.714. The summed E-state index contributed by atoms with van der Waals surface area (Å²) in [5.41, 5.74) is 2.47. The zero-order valence-electron chi connectivity index (χ0n) is 15.5. The molecule has 0 aromatic heterocycles. The van der Waals surface area contributed by atoms with Crippen LogP contribution in [0.4, 0.5) is 10.1 Å². The molecule has 1 saturated heterocycles. The zero-order chi connectivity index (χ0) is 18.5. The largest absolute Gasteiger partial charge is 0.322 e. The number of nitrogens with one attached hydrogen (secondary N) is 3. The van der Waals surface area contributed by atoms with E-state index in [9.17, 15) is 9.18 Å². The molecule has 3 rings (SSSR count). The van der Waals surface area contributed by atoms with Crippen LogP contribution in [0, 0.1) is 12.7 Å². The molecule has 1 amide bonds. The molecule has 0 spiro atoms. The van der Waals surface area contributed by atoms with Crippen LogP contribution in [0.3, 0.4) is 0 Å². The fraction of sp³-hybridized carbons (Fsp3) is 0.381. The topological polar surface area (TPSA) is 38.0 Å². The lowest BCUT2D eigenvalue weighted by atomic mass is 10.1. The number of benzene rings is 2. The highest BCUT2D eigenvalue weighted by Crippen LogP contribution is 2.13. The van der Waals surface area contributed by atoms with E-state index in [0.29, 0.717) is 11.3 Å². The van der Waals surface area contributed by atoms with Crippen molar-refractivity contribution in [3.63, 3.8) is 0 Å². The summed E-state index contributed by atoms with van der Waals surface area (Å²) in [6, 6.07) is 15.2. The van der Waals surface area contributed by atoms with E-state index in [-0.39, 0.29) is 17.8 Å². The number of anilines is 1.